The minimum atomic E-state index is 0. The van der Waals surface area contributed by atoms with Crippen molar-refractivity contribution < 1.29 is 33.9 Å². The lowest BCUT2D eigenvalue weighted by atomic mass is 10.1. The highest BCUT2D eigenvalue weighted by Gasteiger charge is 2.03. The first-order valence-corrected chi connectivity index (χ1v) is 17.3. The van der Waals surface area contributed by atoms with E-state index in [0.29, 0.717) is 0 Å². The summed E-state index contributed by atoms with van der Waals surface area (Å²) >= 11 is 0. The molecule has 0 aliphatic carbocycles. The lowest BCUT2D eigenvalue weighted by Gasteiger charge is -2.05. The van der Waals surface area contributed by atoms with E-state index in [9.17, 15) is 0 Å². The van der Waals surface area contributed by atoms with E-state index < -0.39 is 0 Å². The second-order valence-corrected chi connectivity index (χ2v) is 11.9. The molecule has 4 nitrogen and oxygen atoms in total. The molecule has 0 saturated heterocycles. The predicted octanol–water partition coefficient (Wildman–Crippen LogP) is 3.64. The lowest BCUT2D eigenvalue weighted by molar-refractivity contribution is -0.697. The average molecular weight is 624 g/mol. The molecule has 0 saturated carbocycles. The Kier molecular flexibility index (Phi) is 28.5. The van der Waals surface area contributed by atoms with Gasteiger partial charge >= 0.3 is 0 Å². The Morgan fingerprint density at radius 2 is 0.690 bits per heavy atom. The van der Waals surface area contributed by atoms with Crippen LogP contribution >= 0.6 is 0 Å². The molecule has 0 unspecified atom stereocenters. The molecule has 0 bridgehead atoms. The number of hydrogen-bond donors (Lipinski definition) is 2. The molecular weight excluding hydrogens is 559 g/mol. The number of anilines is 2. The largest absolute Gasteiger partial charge is 1.00 e. The van der Waals surface area contributed by atoms with Crippen molar-refractivity contribution in [2.45, 2.75) is 155 Å². The number of halogens is 2. The van der Waals surface area contributed by atoms with Crippen LogP contribution < -0.4 is 44.6 Å². The highest BCUT2D eigenvalue weighted by molar-refractivity contribution is 5.40. The predicted molar refractivity (Wildman–Crippen MR) is 174 cm³/mol. The maximum Gasteiger partial charge on any atom is 0.170 e. The monoisotopic (exact) mass is 622 g/mol. The summed E-state index contributed by atoms with van der Waals surface area (Å²) in [6.07, 6.45) is 36.1. The third kappa shape index (κ3) is 22.1. The van der Waals surface area contributed by atoms with E-state index in [-0.39, 0.29) is 24.8 Å². The molecule has 2 N–H and O–H groups in total. The quantitative estimate of drug-likeness (QED) is 0.118. The van der Waals surface area contributed by atoms with E-state index in [1.807, 2.05) is 0 Å². The summed E-state index contributed by atoms with van der Waals surface area (Å²) in [6, 6.07) is 8.91. The van der Waals surface area contributed by atoms with E-state index in [1.165, 1.54) is 140 Å². The van der Waals surface area contributed by atoms with Crippen molar-refractivity contribution in [3.05, 3.63) is 49.1 Å². The van der Waals surface area contributed by atoms with Crippen molar-refractivity contribution >= 4 is 11.4 Å². The number of nitrogens with one attached hydrogen (secondary N) is 2. The molecule has 0 aliphatic heterocycles. The van der Waals surface area contributed by atoms with Crippen molar-refractivity contribution in [3.8, 4) is 0 Å². The number of aromatic nitrogens is 2. The fourth-order valence-electron chi connectivity index (χ4n) is 5.37. The van der Waals surface area contributed by atoms with Gasteiger partial charge in [-0.2, -0.15) is 0 Å². The maximum absolute atomic E-state index is 3.55. The summed E-state index contributed by atoms with van der Waals surface area (Å²) in [6.45, 7) is 9.02. The van der Waals surface area contributed by atoms with E-state index >= 15 is 0 Å². The summed E-state index contributed by atoms with van der Waals surface area (Å²) in [4.78, 5) is 0. The second kappa shape index (κ2) is 29.5. The fraction of sp³-hybridized carbons (Fsp3) is 0.722. The number of nitrogens with zero attached hydrogens (tertiary/aromatic N) is 2. The van der Waals surface area contributed by atoms with Crippen LogP contribution in [0, 0.1) is 0 Å². The molecule has 0 aromatic carbocycles. The molecule has 0 atom stereocenters. The Morgan fingerprint density at radius 3 is 1.00 bits per heavy atom. The molecule has 0 spiro atoms. The molecule has 2 rings (SSSR count). The van der Waals surface area contributed by atoms with E-state index in [2.05, 4.69) is 82.7 Å². The first kappa shape index (κ1) is 40.5. The van der Waals surface area contributed by atoms with Crippen LogP contribution in [0.4, 0.5) is 11.4 Å². The molecule has 2 heterocycles. The van der Waals surface area contributed by atoms with Gasteiger partial charge in [-0.15, -0.1) is 0 Å². The standard InChI is InChI=1S/C36H62N4.2ClH/c1-3-5-7-19-27-37-35-23-31-39(32-24-35)29-21-17-15-13-11-9-10-12-14-16-18-22-30-40-33-25-36(26-34-40)38-28-20-8-6-4-2;;/h23-26,31-34H,3-22,27-30H2,1-2H3;2*1H. The average Bonchev–Trinajstić information content (AvgIpc) is 2.98. The molecular formula is C36H64Cl2N4. The van der Waals surface area contributed by atoms with Crippen molar-refractivity contribution in [3.63, 3.8) is 0 Å². The van der Waals surface area contributed by atoms with Crippen molar-refractivity contribution in [1.82, 2.24) is 0 Å². The number of aryl methyl sites for hydroxylation is 2. The van der Waals surface area contributed by atoms with E-state index in [4.69, 9.17) is 0 Å². The molecule has 6 heteroatoms. The summed E-state index contributed by atoms with van der Waals surface area (Å²) in [5, 5.41) is 7.10. The molecule has 0 amide bonds. The summed E-state index contributed by atoms with van der Waals surface area (Å²) in [7, 11) is 0. The smallest absolute Gasteiger partial charge is 0.170 e. The van der Waals surface area contributed by atoms with E-state index in [0.717, 1.165) is 26.2 Å². The third-order valence-electron chi connectivity index (χ3n) is 8.08. The van der Waals surface area contributed by atoms with Gasteiger partial charge in [-0.1, -0.05) is 104 Å². The zero-order valence-corrected chi connectivity index (χ0v) is 28.8. The van der Waals surface area contributed by atoms with Crippen LogP contribution in [0.3, 0.4) is 0 Å². The summed E-state index contributed by atoms with van der Waals surface area (Å²) in [5.74, 6) is 0. The second-order valence-electron chi connectivity index (χ2n) is 11.9. The van der Waals surface area contributed by atoms with Gasteiger partial charge in [0.05, 0.1) is 0 Å². The molecule has 0 fully saturated rings. The third-order valence-corrected chi connectivity index (χ3v) is 8.08. The minimum Gasteiger partial charge on any atom is -1.00 e. The maximum atomic E-state index is 3.55. The molecule has 42 heavy (non-hydrogen) atoms. The van der Waals surface area contributed by atoms with Gasteiger partial charge in [0.15, 0.2) is 24.8 Å². The minimum absolute atomic E-state index is 0. The van der Waals surface area contributed by atoms with Crippen LogP contribution in [-0.2, 0) is 13.1 Å². The van der Waals surface area contributed by atoms with Crippen LogP contribution in [-0.4, -0.2) is 13.1 Å². The Hall–Kier alpha value is -1.52. The first-order chi connectivity index (χ1) is 19.8. The number of pyridine rings is 2. The number of hydrogen-bond acceptors (Lipinski definition) is 2. The lowest BCUT2D eigenvalue weighted by Crippen LogP contribution is -3.00. The fourth-order valence-corrected chi connectivity index (χ4v) is 5.37. The highest BCUT2D eigenvalue weighted by atomic mass is 35.5. The molecule has 0 aliphatic rings. The van der Waals surface area contributed by atoms with Crippen LogP contribution in [0.5, 0.6) is 0 Å². The zero-order chi connectivity index (χ0) is 28.4. The van der Waals surface area contributed by atoms with Gasteiger partial charge in [-0.3, -0.25) is 0 Å². The van der Waals surface area contributed by atoms with Crippen LogP contribution in [0.25, 0.3) is 0 Å². The van der Waals surface area contributed by atoms with Crippen LogP contribution in [0.2, 0.25) is 0 Å². The Morgan fingerprint density at radius 1 is 0.405 bits per heavy atom. The molecule has 242 valence electrons. The van der Waals surface area contributed by atoms with Crippen LogP contribution in [0.1, 0.15) is 142 Å². The van der Waals surface area contributed by atoms with Gasteiger partial charge in [0.2, 0.25) is 0 Å². The van der Waals surface area contributed by atoms with E-state index in [1.54, 1.807) is 0 Å². The molecule has 0 radical (unpaired) electrons. The normalized spacial score (nSPS) is 10.6. The Labute approximate surface area is 272 Å². The van der Waals surface area contributed by atoms with Gasteiger partial charge in [-0.05, 0) is 25.7 Å². The first-order valence-electron chi connectivity index (χ1n) is 17.3. The Balaban J connectivity index is 0.00000840. The molecule has 2 aromatic heterocycles. The topological polar surface area (TPSA) is 31.8 Å². The van der Waals surface area contributed by atoms with Gasteiger partial charge in [-0.25, -0.2) is 9.13 Å². The van der Waals surface area contributed by atoms with Gasteiger partial charge in [0, 0.05) is 61.6 Å². The summed E-state index contributed by atoms with van der Waals surface area (Å²) < 4.78 is 4.68. The number of rotatable bonds is 27. The Bertz CT molecular complexity index is 745. The van der Waals surface area contributed by atoms with Crippen molar-refractivity contribution in [2.75, 3.05) is 23.7 Å². The SMILES string of the molecule is CCCCCCNc1cc[n+](CCCCCCCCCCCCCC[n+]2ccc(NCCCCCC)cc2)cc1.[Cl-].[Cl-]. The van der Waals surface area contributed by atoms with Crippen molar-refractivity contribution in [2.24, 2.45) is 0 Å². The zero-order valence-electron chi connectivity index (χ0n) is 27.2. The number of unbranched alkanes of at least 4 members (excludes halogenated alkanes) is 17. The van der Waals surface area contributed by atoms with Gasteiger partial charge in [0.25, 0.3) is 0 Å². The highest BCUT2D eigenvalue weighted by Crippen LogP contribution is 2.12. The van der Waals surface area contributed by atoms with Crippen LogP contribution in [0.15, 0.2) is 49.1 Å². The van der Waals surface area contributed by atoms with Crippen molar-refractivity contribution in [1.29, 1.82) is 0 Å². The summed E-state index contributed by atoms with van der Waals surface area (Å²) in [5.41, 5.74) is 2.52. The van der Waals surface area contributed by atoms with Gasteiger partial charge in [0.1, 0.15) is 13.1 Å². The van der Waals surface area contributed by atoms with Gasteiger partial charge < -0.3 is 35.4 Å². The molecule has 2 aromatic rings.